The van der Waals surface area contributed by atoms with Crippen molar-refractivity contribution in [3.8, 4) is 22.3 Å². The topological polar surface area (TPSA) is 172 Å². The lowest BCUT2D eigenvalue weighted by Crippen LogP contribution is -2.44. The molecule has 2 unspecified atom stereocenters. The molecule has 9 heterocycles. The number of nitrogens with zero attached hydrogens (tertiary/aromatic N) is 7. The quantitative estimate of drug-likeness (QED) is 0.138. The molecule has 0 bridgehead atoms. The van der Waals surface area contributed by atoms with Crippen LogP contribution in [0.1, 0.15) is 214 Å². The number of H-pyrrole nitrogens is 1. The van der Waals surface area contributed by atoms with Gasteiger partial charge in [0.05, 0.1) is 35.7 Å². The van der Waals surface area contributed by atoms with Gasteiger partial charge in [0.1, 0.15) is 23.7 Å². The van der Waals surface area contributed by atoms with Crippen LogP contribution in [0.3, 0.4) is 0 Å². The molecule has 0 spiro atoms. The van der Waals surface area contributed by atoms with E-state index in [-0.39, 0.29) is 55.0 Å². The van der Waals surface area contributed by atoms with Gasteiger partial charge in [0.25, 0.3) is 0 Å². The van der Waals surface area contributed by atoms with E-state index in [0.717, 1.165) is 122 Å². The average molecular weight is 1300 g/mol. The number of carbonyl (C=O) groups excluding carboxylic acids is 2. The highest BCUT2D eigenvalue weighted by Crippen LogP contribution is 2.39. The highest BCUT2D eigenvalue weighted by molar-refractivity contribution is 9.10. The van der Waals surface area contributed by atoms with E-state index in [0.29, 0.717) is 17.9 Å². The van der Waals surface area contributed by atoms with Crippen LogP contribution in [-0.4, -0.2) is 114 Å². The fraction of sp³-hybridized carbons (Fsp3) is 0.592. The molecular formula is C71H101BBrN9O8. The van der Waals surface area contributed by atoms with Gasteiger partial charge in [0, 0.05) is 78.2 Å². The van der Waals surface area contributed by atoms with Crippen LogP contribution in [-0.2, 0) is 28.3 Å². The monoisotopic (exact) mass is 1300 g/mol. The first kappa shape index (κ1) is 68.5. The third-order valence-electron chi connectivity index (χ3n) is 18.2. The van der Waals surface area contributed by atoms with Crippen LogP contribution in [0.2, 0.25) is 0 Å². The van der Waals surface area contributed by atoms with Crippen molar-refractivity contribution in [3.05, 3.63) is 131 Å². The summed E-state index contributed by atoms with van der Waals surface area (Å²) >= 11 is 3.46. The third-order valence-corrected chi connectivity index (χ3v) is 18.8. The highest BCUT2D eigenvalue weighted by atomic mass is 79.9. The molecule has 19 heteroatoms. The van der Waals surface area contributed by atoms with Gasteiger partial charge in [-0.2, -0.15) is 15.3 Å². The molecule has 8 atom stereocenters. The number of benzene rings is 3. The molecule has 6 aromatic rings. The van der Waals surface area contributed by atoms with Gasteiger partial charge in [-0.05, 0) is 211 Å². The van der Waals surface area contributed by atoms with Gasteiger partial charge in [-0.15, -0.1) is 0 Å². The predicted molar refractivity (Wildman–Crippen MR) is 359 cm³/mol. The molecule has 2 amide bonds. The van der Waals surface area contributed by atoms with E-state index < -0.39 is 11.2 Å². The number of ether oxygens (including phenoxy) is 4. The molecule has 0 radical (unpaired) electrons. The maximum absolute atomic E-state index is 12.9. The molecule has 0 aliphatic carbocycles. The van der Waals surface area contributed by atoms with E-state index >= 15 is 0 Å². The SMILES string of the molecule is CC1(C)OB(c2cnn(C3CCCCO3)c2)OC1(C)C.C[C@@H]1CC[C@@H](c2ccc(-c3cn[nH]c3)cc2)NC1.C[C@@H]1CC[C@@H](c2ccc(-c3cnn(C4CCCCO4)c3)cc2)N(C(=O)OC(C)(C)C)C1.C[C@@H]1CC[C@@H](c2ccc(Br)cc2)N(C(=O)OC(C)(C)C)C1. The van der Waals surface area contributed by atoms with E-state index in [1.165, 1.54) is 42.4 Å². The van der Waals surface area contributed by atoms with Crippen LogP contribution in [0.25, 0.3) is 22.3 Å². The maximum atomic E-state index is 12.9. The molecule has 0 saturated carbocycles. The Hall–Kier alpha value is -5.83. The number of rotatable bonds is 8. The second kappa shape index (κ2) is 30.3. The summed E-state index contributed by atoms with van der Waals surface area (Å²) in [4.78, 5) is 29.2. The highest BCUT2D eigenvalue weighted by Gasteiger charge is 2.52. The van der Waals surface area contributed by atoms with Gasteiger partial charge in [-0.1, -0.05) is 97.4 Å². The van der Waals surface area contributed by atoms with E-state index in [4.69, 9.17) is 28.3 Å². The lowest BCUT2D eigenvalue weighted by Gasteiger charge is -2.39. The number of amides is 2. The molecule has 3 aromatic carbocycles. The number of aromatic amines is 1. The normalized spacial score (nSPS) is 25.1. The number of piperidine rings is 3. The molecular weight excluding hydrogens is 1200 g/mol. The van der Waals surface area contributed by atoms with E-state index in [1.807, 2.05) is 104 Å². The second-order valence-electron chi connectivity index (χ2n) is 28.8. The van der Waals surface area contributed by atoms with Crippen LogP contribution in [0.5, 0.6) is 0 Å². The zero-order valence-electron chi connectivity index (χ0n) is 55.9. The Morgan fingerprint density at radius 2 is 1.04 bits per heavy atom. The molecule has 2 N–H and O–H groups in total. The summed E-state index contributed by atoms with van der Waals surface area (Å²) in [6.07, 6.45) is 24.7. The molecule has 488 valence electrons. The Kier molecular flexibility index (Phi) is 23.1. The van der Waals surface area contributed by atoms with Crippen LogP contribution < -0.4 is 10.8 Å². The fourth-order valence-corrected chi connectivity index (χ4v) is 12.6. The van der Waals surface area contributed by atoms with Crippen LogP contribution >= 0.6 is 15.9 Å². The summed E-state index contributed by atoms with van der Waals surface area (Å²) in [6, 6.07) is 26.3. The number of halogens is 1. The van der Waals surface area contributed by atoms with Crippen LogP contribution in [0.15, 0.2) is 114 Å². The lowest BCUT2D eigenvalue weighted by molar-refractivity contribution is -0.0395. The number of carbonyl (C=O) groups is 2. The van der Waals surface area contributed by atoms with Crippen molar-refractivity contribution in [1.82, 2.24) is 44.9 Å². The zero-order valence-corrected chi connectivity index (χ0v) is 57.5. The third kappa shape index (κ3) is 18.7. The minimum absolute atomic E-state index is 0.0494. The van der Waals surface area contributed by atoms with Gasteiger partial charge >= 0.3 is 19.3 Å². The number of likely N-dealkylation sites (tertiary alicyclic amines) is 2. The lowest BCUT2D eigenvalue weighted by atomic mass is 9.82. The molecule has 6 aliphatic heterocycles. The fourth-order valence-electron chi connectivity index (χ4n) is 12.3. The summed E-state index contributed by atoms with van der Waals surface area (Å²) in [5, 5.41) is 19.4. The standard InChI is InChI=1S/C25H35N3O3.C17H24BrNO2.C15H19N3.C14H23BN2O3/c1-18-8-13-22(27(16-18)24(29)31-25(2,3)4)20-11-9-19(10-12-20)21-15-26-28(17-21)23-7-5-6-14-30-23;1-12-5-10-15(13-6-8-14(18)9-7-13)19(11-12)16(20)21-17(2,3)4;1-11-2-7-15(16-8-11)13-5-3-12(4-6-13)14-9-17-18-10-14;1-13(2)14(3,4)20-15(19-13)11-9-16-17(10-11)12-7-5-6-8-18-12/h9-12,15,17-18,22-23H,5-8,13-14,16H2,1-4H3;6-9,12,15H,5,10-11H2,1-4H3;3-6,9-11,15-16H,2,7-8H2,1H3,(H,17,18);9-10,12H,5-8H2,1-4H3/t18-,22+,23?;12-,15+;11-,15+;/m111./s1. The molecule has 6 aliphatic rings. The predicted octanol–water partition coefficient (Wildman–Crippen LogP) is 16.1. The van der Waals surface area contributed by atoms with Gasteiger partial charge in [-0.25, -0.2) is 19.0 Å². The number of aromatic nitrogens is 6. The summed E-state index contributed by atoms with van der Waals surface area (Å²) in [5.74, 6) is 1.81. The minimum atomic E-state index is -0.492. The van der Waals surface area contributed by atoms with Gasteiger partial charge in [-0.3, -0.25) is 5.10 Å². The summed E-state index contributed by atoms with van der Waals surface area (Å²) < 4.78 is 39.8. The smallest absolute Gasteiger partial charge is 0.444 e. The number of hydrogen-bond acceptors (Lipinski definition) is 12. The van der Waals surface area contributed by atoms with Crippen molar-refractivity contribution >= 4 is 40.7 Å². The minimum Gasteiger partial charge on any atom is -0.444 e. The Balaban J connectivity index is 0.000000146. The van der Waals surface area contributed by atoms with Crippen molar-refractivity contribution in [3.63, 3.8) is 0 Å². The number of nitrogens with one attached hydrogen (secondary N) is 2. The van der Waals surface area contributed by atoms with E-state index in [1.54, 1.807) is 0 Å². The second-order valence-corrected chi connectivity index (χ2v) is 29.7. The van der Waals surface area contributed by atoms with Crippen LogP contribution in [0.4, 0.5) is 9.59 Å². The van der Waals surface area contributed by atoms with Crippen molar-refractivity contribution in [2.24, 2.45) is 17.8 Å². The Labute approximate surface area is 544 Å². The molecule has 6 saturated heterocycles. The molecule has 17 nitrogen and oxygen atoms in total. The Bertz CT molecular complexity index is 3160. The first-order valence-corrected chi connectivity index (χ1v) is 33.9. The molecule has 12 rings (SSSR count). The maximum Gasteiger partial charge on any atom is 0.498 e. The first-order chi connectivity index (χ1) is 42.8. The average Bonchev–Trinajstić information content (AvgIpc) is 1.78. The molecule has 90 heavy (non-hydrogen) atoms. The van der Waals surface area contributed by atoms with Crippen molar-refractivity contribution in [2.75, 3.05) is 32.8 Å². The number of hydrogen-bond donors (Lipinski definition) is 2. The zero-order chi connectivity index (χ0) is 64.4. The van der Waals surface area contributed by atoms with Crippen molar-refractivity contribution < 1.29 is 37.8 Å². The van der Waals surface area contributed by atoms with E-state index in [2.05, 4.69) is 157 Å². The molecule has 6 fully saturated rings. The Morgan fingerprint density at radius 1 is 0.567 bits per heavy atom. The summed E-state index contributed by atoms with van der Waals surface area (Å²) in [5.41, 5.74) is 7.68. The summed E-state index contributed by atoms with van der Waals surface area (Å²) in [6.45, 7) is 30.7. The van der Waals surface area contributed by atoms with Crippen molar-refractivity contribution in [2.45, 2.75) is 220 Å². The first-order valence-electron chi connectivity index (χ1n) is 33.1. The Morgan fingerprint density at radius 3 is 1.51 bits per heavy atom. The summed E-state index contributed by atoms with van der Waals surface area (Å²) in [7, 11) is -0.350. The molecule has 3 aromatic heterocycles. The largest absolute Gasteiger partial charge is 0.498 e. The van der Waals surface area contributed by atoms with Gasteiger partial charge in [0.15, 0.2) is 0 Å². The van der Waals surface area contributed by atoms with Crippen molar-refractivity contribution in [1.29, 1.82) is 0 Å². The van der Waals surface area contributed by atoms with E-state index in [9.17, 15) is 9.59 Å². The van der Waals surface area contributed by atoms with Gasteiger partial charge < -0.3 is 43.4 Å². The van der Waals surface area contributed by atoms with Crippen LogP contribution in [0, 0.1) is 17.8 Å². The van der Waals surface area contributed by atoms with Gasteiger partial charge in [0.2, 0.25) is 0 Å².